The SMILES string of the molecule is COc1cc(Br)c([CH]([Hg])C=O)cc1OCc1ccccc1. The summed E-state index contributed by atoms with van der Waals surface area (Å²) >= 11 is 3.82. The molecule has 0 saturated carbocycles. The fourth-order valence-electron chi connectivity index (χ4n) is 1.92. The van der Waals surface area contributed by atoms with Gasteiger partial charge in [0.15, 0.2) is 0 Å². The van der Waals surface area contributed by atoms with Gasteiger partial charge < -0.3 is 0 Å². The first-order valence-corrected chi connectivity index (χ1v) is 10.4. The summed E-state index contributed by atoms with van der Waals surface area (Å²) in [6.07, 6.45) is 0.997. The molecule has 0 heterocycles. The van der Waals surface area contributed by atoms with Crippen molar-refractivity contribution in [2.24, 2.45) is 0 Å². The molecule has 21 heavy (non-hydrogen) atoms. The zero-order valence-electron chi connectivity index (χ0n) is 11.7. The molecule has 3 nitrogen and oxygen atoms in total. The zero-order valence-corrected chi connectivity index (χ0v) is 18.8. The fourth-order valence-corrected chi connectivity index (χ4v) is 5.01. The maximum absolute atomic E-state index is 11.1. The van der Waals surface area contributed by atoms with E-state index in [1.54, 1.807) is 7.11 Å². The van der Waals surface area contributed by atoms with Crippen LogP contribution in [0.1, 0.15) is 14.6 Å². The molecule has 5 heteroatoms. The van der Waals surface area contributed by atoms with Crippen LogP contribution in [0.4, 0.5) is 0 Å². The number of benzene rings is 2. The van der Waals surface area contributed by atoms with Crippen molar-refractivity contribution in [3.05, 3.63) is 58.1 Å². The van der Waals surface area contributed by atoms with Gasteiger partial charge in [0.2, 0.25) is 0 Å². The average Bonchev–Trinajstić information content (AvgIpc) is 2.53. The van der Waals surface area contributed by atoms with E-state index < -0.39 is 0 Å². The number of halogens is 1. The summed E-state index contributed by atoms with van der Waals surface area (Å²) in [5.74, 6) is 1.32. The van der Waals surface area contributed by atoms with Gasteiger partial charge in [-0.15, -0.1) is 0 Å². The van der Waals surface area contributed by atoms with Gasteiger partial charge in [-0.05, 0) is 0 Å². The molecule has 0 bridgehead atoms. The van der Waals surface area contributed by atoms with E-state index in [-0.39, 0.29) is 3.43 Å². The molecular formula is C16H14BrHgO3. The monoisotopic (exact) mass is 535 g/mol. The van der Waals surface area contributed by atoms with Gasteiger partial charge in [0.1, 0.15) is 0 Å². The van der Waals surface area contributed by atoms with E-state index in [0.717, 1.165) is 21.9 Å². The molecule has 2 rings (SSSR count). The van der Waals surface area contributed by atoms with E-state index in [9.17, 15) is 4.79 Å². The topological polar surface area (TPSA) is 35.5 Å². The third kappa shape index (κ3) is 4.30. The van der Waals surface area contributed by atoms with Crippen LogP contribution in [0.25, 0.3) is 0 Å². The summed E-state index contributed by atoms with van der Waals surface area (Å²) in [6, 6.07) is 13.7. The maximum atomic E-state index is 11.1. The molecule has 0 radical (unpaired) electrons. The summed E-state index contributed by atoms with van der Waals surface area (Å²) < 4.78 is 12.1. The van der Waals surface area contributed by atoms with E-state index in [2.05, 4.69) is 15.9 Å². The molecule has 2 aromatic carbocycles. The molecule has 0 fully saturated rings. The molecule has 0 spiro atoms. The quantitative estimate of drug-likeness (QED) is 0.418. The van der Waals surface area contributed by atoms with Crippen molar-refractivity contribution >= 4 is 22.2 Å². The molecule has 0 aliphatic heterocycles. The molecular weight excluding hydrogens is 521 g/mol. The van der Waals surface area contributed by atoms with Crippen molar-refractivity contribution in [2.75, 3.05) is 7.11 Å². The van der Waals surface area contributed by atoms with Crippen molar-refractivity contribution in [1.29, 1.82) is 0 Å². The predicted molar refractivity (Wildman–Crippen MR) is 80.3 cm³/mol. The first-order valence-electron chi connectivity index (χ1n) is 6.48. The van der Waals surface area contributed by atoms with Crippen LogP contribution in [0, 0.1) is 0 Å². The Bertz CT molecular complexity index is 616. The second-order valence-electron chi connectivity index (χ2n) is 4.54. The molecule has 1 unspecified atom stereocenters. The Balaban J connectivity index is 2.26. The van der Waals surface area contributed by atoms with Crippen LogP contribution in [-0.2, 0) is 37.5 Å². The summed E-state index contributed by atoms with van der Waals surface area (Å²) in [4.78, 5) is 11.1. The average molecular weight is 535 g/mol. The molecule has 0 aliphatic rings. The zero-order chi connectivity index (χ0) is 15.2. The number of carbonyl (C=O) groups is 1. The molecule has 0 aromatic heterocycles. The number of hydrogen-bond donors (Lipinski definition) is 0. The number of rotatable bonds is 6. The standard InChI is InChI=1S/C16H14BrO3.Hg/c1-19-15-10-14(17)13(7-8-18)9-16(15)20-11-12-5-3-2-4-6-12;/h2-10H,11H2,1H3;. The third-order valence-electron chi connectivity index (χ3n) is 3.08. The second kappa shape index (κ2) is 7.94. The van der Waals surface area contributed by atoms with Crippen molar-refractivity contribution in [3.8, 4) is 11.5 Å². The number of methoxy groups -OCH3 is 1. The van der Waals surface area contributed by atoms with Crippen LogP contribution in [0.5, 0.6) is 11.5 Å². The van der Waals surface area contributed by atoms with Crippen molar-refractivity contribution in [1.82, 2.24) is 0 Å². The van der Waals surface area contributed by atoms with Crippen LogP contribution in [0.2, 0.25) is 0 Å². The summed E-state index contributed by atoms with van der Waals surface area (Å²) in [6.45, 7) is 0.468. The van der Waals surface area contributed by atoms with Crippen LogP contribution >= 0.6 is 15.9 Å². The van der Waals surface area contributed by atoms with Crippen LogP contribution in [-0.4, -0.2) is 13.4 Å². The molecule has 0 saturated heterocycles. The van der Waals surface area contributed by atoms with Crippen molar-refractivity contribution in [2.45, 2.75) is 10.0 Å². The predicted octanol–water partition coefficient (Wildman–Crippen LogP) is 3.82. The van der Waals surface area contributed by atoms with Gasteiger partial charge in [-0.1, -0.05) is 0 Å². The van der Waals surface area contributed by atoms with Crippen LogP contribution < -0.4 is 9.47 Å². The molecule has 2 aromatic rings. The van der Waals surface area contributed by atoms with Crippen LogP contribution in [0.15, 0.2) is 46.9 Å². The molecule has 0 N–H and O–H groups in total. The molecule has 105 valence electrons. The Labute approximate surface area is 148 Å². The van der Waals surface area contributed by atoms with Gasteiger partial charge in [-0.25, -0.2) is 0 Å². The van der Waals surface area contributed by atoms with Crippen LogP contribution in [0.3, 0.4) is 0 Å². The summed E-state index contributed by atoms with van der Waals surface area (Å²) in [5.41, 5.74) is 2.06. The van der Waals surface area contributed by atoms with Crippen molar-refractivity contribution < 1.29 is 40.4 Å². The summed E-state index contributed by atoms with van der Waals surface area (Å²) in [5, 5.41) is 0. The normalized spacial score (nSPS) is 11.8. The molecule has 0 aliphatic carbocycles. The number of hydrogen-bond acceptors (Lipinski definition) is 3. The number of carbonyl (C=O) groups excluding carboxylic acids is 1. The summed E-state index contributed by atoms with van der Waals surface area (Å²) in [7, 11) is 1.61. The van der Waals surface area contributed by atoms with Gasteiger partial charge >= 0.3 is 149 Å². The first-order chi connectivity index (χ1) is 10.2. The minimum atomic E-state index is -0.00986. The number of aldehydes is 1. The Kier molecular flexibility index (Phi) is 6.24. The molecule has 0 amide bonds. The second-order valence-corrected chi connectivity index (χ2v) is 8.82. The first kappa shape index (κ1) is 16.5. The van der Waals surface area contributed by atoms with Gasteiger partial charge in [0.05, 0.1) is 0 Å². The van der Waals surface area contributed by atoms with E-state index in [1.165, 1.54) is 0 Å². The Morgan fingerprint density at radius 2 is 1.95 bits per heavy atom. The van der Waals surface area contributed by atoms with E-state index in [4.69, 9.17) is 9.47 Å². The fraction of sp³-hybridized carbons (Fsp3) is 0.188. The Morgan fingerprint density at radius 1 is 1.24 bits per heavy atom. The van der Waals surface area contributed by atoms with Gasteiger partial charge in [0.25, 0.3) is 0 Å². The third-order valence-corrected chi connectivity index (χ3v) is 6.23. The van der Waals surface area contributed by atoms with Gasteiger partial charge in [0, 0.05) is 0 Å². The van der Waals surface area contributed by atoms with E-state index in [0.29, 0.717) is 44.2 Å². The van der Waals surface area contributed by atoms with Crippen molar-refractivity contribution in [3.63, 3.8) is 0 Å². The number of ether oxygens (including phenoxy) is 2. The van der Waals surface area contributed by atoms with E-state index >= 15 is 0 Å². The van der Waals surface area contributed by atoms with Gasteiger partial charge in [-0.2, -0.15) is 0 Å². The minimum absolute atomic E-state index is 0.00986. The van der Waals surface area contributed by atoms with Gasteiger partial charge in [-0.3, -0.25) is 0 Å². The Hall–Kier alpha value is -0.875. The molecule has 1 atom stereocenters. The van der Waals surface area contributed by atoms with E-state index in [1.807, 2.05) is 42.5 Å². The Morgan fingerprint density at radius 3 is 2.57 bits per heavy atom.